The summed E-state index contributed by atoms with van der Waals surface area (Å²) in [5.41, 5.74) is 1.16. The molecule has 1 aromatic carbocycles. The Labute approximate surface area is 127 Å². The van der Waals surface area contributed by atoms with Crippen molar-refractivity contribution < 1.29 is 13.2 Å². The summed E-state index contributed by atoms with van der Waals surface area (Å²) in [6.45, 7) is 1.87. The van der Waals surface area contributed by atoms with Crippen LogP contribution >= 0.6 is 11.7 Å². The molecule has 1 unspecified atom stereocenters. The van der Waals surface area contributed by atoms with Crippen LogP contribution in [-0.4, -0.2) is 41.3 Å². The van der Waals surface area contributed by atoms with Crippen molar-refractivity contribution in [1.29, 1.82) is 0 Å². The average Bonchev–Trinajstić information content (AvgIpc) is 2.98. The molecule has 0 aliphatic carbocycles. The molecule has 8 heteroatoms. The first-order valence-electron chi connectivity index (χ1n) is 6.15. The van der Waals surface area contributed by atoms with E-state index < -0.39 is 9.84 Å². The minimum absolute atomic E-state index is 0.201. The molecule has 6 nitrogen and oxygen atoms in total. The number of carbonyl (C=O) groups excluding carboxylic acids is 1. The van der Waals surface area contributed by atoms with Gasteiger partial charge in [-0.2, -0.15) is 8.75 Å². The minimum atomic E-state index is -3.21. The van der Waals surface area contributed by atoms with E-state index >= 15 is 0 Å². The average molecular weight is 325 g/mol. The fourth-order valence-electron chi connectivity index (χ4n) is 1.83. The molecule has 1 atom stereocenters. The van der Waals surface area contributed by atoms with Gasteiger partial charge >= 0.3 is 0 Å². The van der Waals surface area contributed by atoms with Crippen molar-refractivity contribution >= 4 is 27.5 Å². The van der Waals surface area contributed by atoms with Crippen molar-refractivity contribution in [1.82, 2.24) is 13.6 Å². The van der Waals surface area contributed by atoms with E-state index in [2.05, 4.69) is 8.75 Å². The predicted molar refractivity (Wildman–Crippen MR) is 80.0 cm³/mol. The number of amides is 1. The van der Waals surface area contributed by atoms with Gasteiger partial charge in [0.25, 0.3) is 5.91 Å². The van der Waals surface area contributed by atoms with Crippen molar-refractivity contribution in [2.24, 2.45) is 0 Å². The van der Waals surface area contributed by atoms with Gasteiger partial charge in [-0.25, -0.2) is 8.42 Å². The molecule has 0 bridgehead atoms. The summed E-state index contributed by atoms with van der Waals surface area (Å²) in [6.07, 6.45) is 2.60. The summed E-state index contributed by atoms with van der Waals surface area (Å²) in [5, 5.41) is 0. The van der Waals surface area contributed by atoms with Crippen LogP contribution in [-0.2, 0) is 9.84 Å². The number of sulfone groups is 1. The Morgan fingerprint density at radius 1 is 1.29 bits per heavy atom. The lowest BCUT2D eigenvalue weighted by molar-refractivity contribution is 0.0737. The molecule has 1 heterocycles. The van der Waals surface area contributed by atoms with Crippen LogP contribution in [0.3, 0.4) is 0 Å². The molecule has 0 N–H and O–H groups in total. The maximum Gasteiger partial charge on any atom is 0.275 e. The zero-order chi connectivity index (χ0) is 15.6. The van der Waals surface area contributed by atoms with E-state index in [0.717, 1.165) is 23.5 Å². The molecule has 0 aliphatic heterocycles. The second kappa shape index (κ2) is 5.90. The van der Waals surface area contributed by atoms with Crippen molar-refractivity contribution in [3.05, 3.63) is 41.7 Å². The summed E-state index contributed by atoms with van der Waals surface area (Å²) in [6, 6.07) is 6.31. The van der Waals surface area contributed by atoms with Gasteiger partial charge in [0.2, 0.25) is 0 Å². The van der Waals surface area contributed by atoms with E-state index in [0.29, 0.717) is 5.69 Å². The van der Waals surface area contributed by atoms with E-state index in [-0.39, 0.29) is 16.8 Å². The van der Waals surface area contributed by atoms with Gasteiger partial charge in [0, 0.05) is 13.3 Å². The first-order chi connectivity index (χ1) is 9.80. The molecule has 1 aromatic heterocycles. The highest BCUT2D eigenvalue weighted by Crippen LogP contribution is 2.22. The van der Waals surface area contributed by atoms with Crippen LogP contribution in [0.2, 0.25) is 0 Å². The number of carbonyl (C=O) groups is 1. The molecule has 0 saturated carbocycles. The summed E-state index contributed by atoms with van der Waals surface area (Å²) < 4.78 is 30.6. The quantitative estimate of drug-likeness (QED) is 0.856. The molecule has 1 amide bonds. The topological polar surface area (TPSA) is 80.2 Å². The Balaban J connectivity index is 2.20. The van der Waals surface area contributed by atoms with E-state index in [4.69, 9.17) is 0 Å². The maximum atomic E-state index is 12.2. The maximum absolute atomic E-state index is 12.2. The van der Waals surface area contributed by atoms with Crippen molar-refractivity contribution in [2.75, 3.05) is 13.3 Å². The first-order valence-corrected chi connectivity index (χ1v) is 8.77. The number of hydrogen-bond donors (Lipinski definition) is 0. The second-order valence-corrected chi connectivity index (χ2v) is 7.30. The molecule has 0 fully saturated rings. The first kappa shape index (κ1) is 15.6. The third-order valence-electron chi connectivity index (χ3n) is 3.27. The van der Waals surface area contributed by atoms with Crippen LogP contribution in [0, 0.1) is 0 Å². The highest BCUT2D eigenvalue weighted by Gasteiger charge is 2.21. The Kier molecular flexibility index (Phi) is 4.38. The van der Waals surface area contributed by atoms with Crippen LogP contribution in [0.25, 0.3) is 0 Å². The molecule has 2 rings (SSSR count). The molecule has 112 valence electrons. The summed E-state index contributed by atoms with van der Waals surface area (Å²) in [7, 11) is -1.54. The lowest BCUT2D eigenvalue weighted by Gasteiger charge is -2.24. The van der Waals surface area contributed by atoms with E-state index in [1.807, 2.05) is 6.92 Å². The van der Waals surface area contributed by atoms with Crippen LogP contribution in [0.4, 0.5) is 0 Å². The highest BCUT2D eigenvalue weighted by molar-refractivity contribution is 7.90. The van der Waals surface area contributed by atoms with Gasteiger partial charge in [-0.1, -0.05) is 12.1 Å². The smallest absolute Gasteiger partial charge is 0.275 e. The van der Waals surface area contributed by atoms with Gasteiger partial charge in [-0.3, -0.25) is 4.79 Å². The van der Waals surface area contributed by atoms with E-state index in [1.165, 1.54) is 6.20 Å². The summed E-state index contributed by atoms with van der Waals surface area (Å²) in [4.78, 5) is 14.0. The highest BCUT2D eigenvalue weighted by atomic mass is 32.2. The van der Waals surface area contributed by atoms with Gasteiger partial charge in [0.1, 0.15) is 0 Å². The Morgan fingerprint density at radius 2 is 1.90 bits per heavy atom. The third kappa shape index (κ3) is 3.45. The largest absolute Gasteiger partial charge is 0.334 e. The van der Waals surface area contributed by atoms with Gasteiger partial charge < -0.3 is 4.90 Å². The Bertz CT molecular complexity index is 725. The van der Waals surface area contributed by atoms with Crippen LogP contribution in [0.5, 0.6) is 0 Å². The molecule has 0 spiro atoms. The molecule has 21 heavy (non-hydrogen) atoms. The lowest BCUT2D eigenvalue weighted by atomic mass is 10.1. The van der Waals surface area contributed by atoms with Crippen LogP contribution in [0.15, 0.2) is 35.4 Å². The van der Waals surface area contributed by atoms with Gasteiger partial charge in [0.15, 0.2) is 15.5 Å². The zero-order valence-corrected chi connectivity index (χ0v) is 13.5. The molecule has 2 aromatic rings. The predicted octanol–water partition coefficient (Wildman–Crippen LogP) is 1.77. The van der Waals surface area contributed by atoms with Crippen LogP contribution < -0.4 is 0 Å². The number of aromatic nitrogens is 2. The number of hydrogen-bond acceptors (Lipinski definition) is 6. The van der Waals surface area contributed by atoms with Crippen molar-refractivity contribution in [2.45, 2.75) is 17.9 Å². The number of rotatable bonds is 4. The SMILES string of the molecule is CC(c1ccc(S(C)(=O)=O)cc1)N(C)C(=O)c1cnsn1. The van der Waals surface area contributed by atoms with Gasteiger partial charge in [0.05, 0.1) is 28.9 Å². The monoisotopic (exact) mass is 325 g/mol. The zero-order valence-electron chi connectivity index (χ0n) is 11.8. The third-order valence-corrected chi connectivity index (χ3v) is 4.88. The summed E-state index contributed by atoms with van der Waals surface area (Å²) >= 11 is 0.983. The fraction of sp³-hybridized carbons (Fsp3) is 0.308. The molecule has 0 radical (unpaired) electrons. The normalized spacial score (nSPS) is 12.9. The standard InChI is InChI=1S/C13H15N3O3S2/c1-9(16(2)13(17)12-8-14-20-15-12)10-4-6-11(7-5-10)21(3,18)19/h4-9H,1-3H3. The Hall–Kier alpha value is -1.80. The molecule has 0 saturated heterocycles. The molecule has 0 aliphatic rings. The van der Waals surface area contributed by atoms with Gasteiger partial charge in [-0.15, -0.1) is 0 Å². The van der Waals surface area contributed by atoms with Crippen molar-refractivity contribution in [3.8, 4) is 0 Å². The Morgan fingerprint density at radius 3 is 2.38 bits per heavy atom. The van der Waals surface area contributed by atoms with Gasteiger partial charge in [-0.05, 0) is 24.6 Å². The minimum Gasteiger partial charge on any atom is -0.334 e. The molecular weight excluding hydrogens is 310 g/mol. The lowest BCUT2D eigenvalue weighted by Crippen LogP contribution is -2.29. The van der Waals surface area contributed by atoms with E-state index in [9.17, 15) is 13.2 Å². The summed E-state index contributed by atoms with van der Waals surface area (Å²) in [5.74, 6) is -0.219. The number of nitrogens with zero attached hydrogens (tertiary/aromatic N) is 3. The van der Waals surface area contributed by atoms with E-state index in [1.54, 1.807) is 36.2 Å². The second-order valence-electron chi connectivity index (χ2n) is 4.73. The number of benzene rings is 1. The fourth-order valence-corrected chi connectivity index (χ4v) is 2.87. The molecular formula is C13H15N3O3S2. The van der Waals surface area contributed by atoms with Crippen molar-refractivity contribution in [3.63, 3.8) is 0 Å². The van der Waals surface area contributed by atoms with Crippen LogP contribution in [0.1, 0.15) is 29.0 Å².